The Morgan fingerprint density at radius 1 is 1.17 bits per heavy atom. The maximum absolute atomic E-state index is 4.69. The smallest absolute Gasteiger partial charge is 0.0602 e. The van der Waals surface area contributed by atoms with E-state index in [9.17, 15) is 0 Å². The molecule has 0 amide bonds. The summed E-state index contributed by atoms with van der Waals surface area (Å²) in [6, 6.07) is 0. The lowest BCUT2D eigenvalue weighted by Crippen LogP contribution is -2.25. The molecular weight excluding hydrogens is 278 g/mol. The fourth-order valence-corrected chi connectivity index (χ4v) is 3.94. The second-order valence-electron chi connectivity index (χ2n) is 7.96. The molecule has 1 nitrogen and oxygen atoms in total. The summed E-state index contributed by atoms with van der Waals surface area (Å²) in [7, 11) is 1.98. The van der Waals surface area contributed by atoms with Gasteiger partial charge in [-0.15, -0.1) is 0 Å². The van der Waals surface area contributed by atoms with Gasteiger partial charge in [-0.1, -0.05) is 58.1 Å². The Morgan fingerprint density at radius 3 is 2.35 bits per heavy atom. The zero-order chi connectivity index (χ0) is 16.8. The first-order valence-electron chi connectivity index (χ1n) is 9.96. The van der Waals surface area contributed by atoms with Crippen LogP contribution in [0.15, 0.2) is 28.3 Å². The zero-order valence-electron chi connectivity index (χ0n) is 16.1. The van der Waals surface area contributed by atoms with Crippen molar-refractivity contribution in [2.45, 2.75) is 79.1 Å². The number of nitrogens with zero attached hydrogens (tertiary/aromatic N) is 1. The maximum Gasteiger partial charge on any atom is 0.0602 e. The van der Waals surface area contributed by atoms with Crippen molar-refractivity contribution in [3.05, 3.63) is 23.3 Å². The highest BCUT2D eigenvalue weighted by Gasteiger charge is 2.30. The van der Waals surface area contributed by atoms with E-state index in [0.717, 1.165) is 17.8 Å². The molecular formula is C22H37N. The third-order valence-electron chi connectivity index (χ3n) is 6.13. The predicted octanol–water partition coefficient (Wildman–Crippen LogP) is 6.60. The van der Waals surface area contributed by atoms with E-state index in [4.69, 9.17) is 0 Å². The van der Waals surface area contributed by atoms with Crippen molar-refractivity contribution in [2.24, 2.45) is 28.7 Å². The van der Waals surface area contributed by atoms with Crippen LogP contribution < -0.4 is 0 Å². The van der Waals surface area contributed by atoms with Crippen LogP contribution in [0.4, 0.5) is 0 Å². The summed E-state index contributed by atoms with van der Waals surface area (Å²) in [5.74, 6) is 3.22. The van der Waals surface area contributed by atoms with Crippen molar-refractivity contribution in [1.29, 1.82) is 0 Å². The molecule has 23 heavy (non-hydrogen) atoms. The molecule has 0 saturated heterocycles. The molecule has 130 valence electrons. The Labute approximate surface area is 144 Å². The van der Waals surface area contributed by atoms with E-state index in [1.807, 2.05) is 7.05 Å². The summed E-state index contributed by atoms with van der Waals surface area (Å²) < 4.78 is 0. The van der Waals surface area contributed by atoms with E-state index in [1.54, 1.807) is 5.57 Å². The summed E-state index contributed by atoms with van der Waals surface area (Å²) in [5, 5.41) is 0. The lowest BCUT2D eigenvalue weighted by atomic mass is 9.69. The second kappa shape index (κ2) is 8.85. The fourth-order valence-electron chi connectivity index (χ4n) is 3.94. The third kappa shape index (κ3) is 4.81. The van der Waals surface area contributed by atoms with Crippen molar-refractivity contribution >= 4 is 5.71 Å². The Morgan fingerprint density at radius 2 is 1.87 bits per heavy atom. The molecule has 0 aromatic carbocycles. The van der Waals surface area contributed by atoms with Crippen LogP contribution in [0.2, 0.25) is 0 Å². The van der Waals surface area contributed by atoms with Gasteiger partial charge < -0.3 is 0 Å². The first-order chi connectivity index (χ1) is 11.1. The lowest BCUT2D eigenvalue weighted by molar-refractivity contribution is 0.213. The Kier molecular flexibility index (Phi) is 7.11. The van der Waals surface area contributed by atoms with Gasteiger partial charge in [0.05, 0.1) is 5.71 Å². The summed E-state index contributed by atoms with van der Waals surface area (Å²) in [5.41, 5.74) is 4.37. The van der Waals surface area contributed by atoms with E-state index in [2.05, 4.69) is 44.8 Å². The van der Waals surface area contributed by atoms with Crippen molar-refractivity contribution < 1.29 is 0 Å². The highest BCUT2D eigenvalue weighted by atomic mass is 14.7. The molecule has 2 rings (SSSR count). The number of aliphatic imine (C=N–C) groups is 1. The number of rotatable bonds is 8. The van der Waals surface area contributed by atoms with E-state index >= 15 is 0 Å². The molecule has 1 atom stereocenters. The SMILES string of the molecule is CCCC1CC(/C(C)=C/C(=NC)C(=CC(C)CC)C2CCC2)C1. The van der Waals surface area contributed by atoms with Crippen LogP contribution in [-0.2, 0) is 0 Å². The van der Waals surface area contributed by atoms with Crippen LogP contribution in [0, 0.1) is 23.7 Å². The summed E-state index contributed by atoms with van der Waals surface area (Å²) in [6.45, 7) is 9.26. The summed E-state index contributed by atoms with van der Waals surface area (Å²) >= 11 is 0. The molecule has 1 unspecified atom stereocenters. The molecule has 1 heteroatoms. The fraction of sp³-hybridized carbons (Fsp3) is 0.773. The van der Waals surface area contributed by atoms with Crippen LogP contribution in [0.3, 0.4) is 0 Å². The molecule has 0 aliphatic heterocycles. The topological polar surface area (TPSA) is 12.4 Å². The quantitative estimate of drug-likeness (QED) is 0.447. The molecule has 0 N–H and O–H groups in total. The molecule has 0 aromatic heterocycles. The molecule has 0 spiro atoms. The van der Waals surface area contributed by atoms with Crippen LogP contribution in [0.25, 0.3) is 0 Å². The van der Waals surface area contributed by atoms with Crippen molar-refractivity contribution in [1.82, 2.24) is 0 Å². The van der Waals surface area contributed by atoms with Gasteiger partial charge in [-0.2, -0.15) is 0 Å². The minimum atomic E-state index is 0.661. The number of hydrogen-bond acceptors (Lipinski definition) is 1. The largest absolute Gasteiger partial charge is 0.288 e. The van der Waals surface area contributed by atoms with Crippen LogP contribution in [-0.4, -0.2) is 12.8 Å². The van der Waals surface area contributed by atoms with Crippen LogP contribution in [0.5, 0.6) is 0 Å². The standard InChI is InChI=1S/C22H37N/c1-6-9-18-14-20(15-18)17(4)13-22(23-5)21(12-16(3)7-2)19-10-8-11-19/h12-13,16,18-20H,6-11,14-15H2,1-5H3/b17-13+,21-12?,23-22?. The second-order valence-corrected chi connectivity index (χ2v) is 7.96. The highest BCUT2D eigenvalue weighted by molar-refractivity contribution is 6.09. The number of hydrogen-bond donors (Lipinski definition) is 0. The zero-order valence-corrected chi connectivity index (χ0v) is 16.1. The van der Waals surface area contributed by atoms with Gasteiger partial charge in [0.1, 0.15) is 0 Å². The predicted molar refractivity (Wildman–Crippen MR) is 103 cm³/mol. The Bertz CT molecular complexity index is 458. The average Bonchev–Trinajstić information content (AvgIpc) is 2.45. The van der Waals surface area contributed by atoms with Crippen molar-refractivity contribution in [3.8, 4) is 0 Å². The van der Waals surface area contributed by atoms with Gasteiger partial charge in [0.15, 0.2) is 0 Å². The van der Waals surface area contributed by atoms with Gasteiger partial charge in [0, 0.05) is 7.05 Å². The van der Waals surface area contributed by atoms with Crippen molar-refractivity contribution in [2.75, 3.05) is 7.05 Å². The third-order valence-corrected chi connectivity index (χ3v) is 6.13. The molecule has 0 aromatic rings. The molecule has 2 saturated carbocycles. The molecule has 0 bridgehead atoms. The lowest BCUT2D eigenvalue weighted by Gasteiger charge is -2.36. The van der Waals surface area contributed by atoms with Crippen LogP contribution in [0.1, 0.15) is 79.1 Å². The monoisotopic (exact) mass is 315 g/mol. The average molecular weight is 316 g/mol. The summed E-state index contributed by atoms with van der Waals surface area (Å²) in [4.78, 5) is 4.69. The highest BCUT2D eigenvalue weighted by Crippen LogP contribution is 2.42. The van der Waals surface area contributed by atoms with Gasteiger partial charge >= 0.3 is 0 Å². The number of allylic oxidation sites excluding steroid dienone is 4. The van der Waals surface area contributed by atoms with E-state index in [0.29, 0.717) is 5.92 Å². The summed E-state index contributed by atoms with van der Waals surface area (Å²) in [6.07, 6.45) is 15.8. The molecule has 2 aliphatic rings. The van der Waals surface area contributed by atoms with Gasteiger partial charge in [0.25, 0.3) is 0 Å². The van der Waals surface area contributed by atoms with Gasteiger partial charge in [-0.25, -0.2) is 0 Å². The van der Waals surface area contributed by atoms with E-state index < -0.39 is 0 Å². The van der Waals surface area contributed by atoms with Crippen LogP contribution >= 0.6 is 0 Å². The van der Waals surface area contributed by atoms with Crippen molar-refractivity contribution in [3.63, 3.8) is 0 Å². The van der Waals surface area contributed by atoms with E-state index in [-0.39, 0.29) is 0 Å². The van der Waals surface area contributed by atoms with Gasteiger partial charge in [-0.05, 0) is 67.9 Å². The first kappa shape index (κ1) is 18.5. The molecule has 2 fully saturated rings. The molecule has 2 aliphatic carbocycles. The molecule has 0 radical (unpaired) electrons. The Balaban J connectivity index is 2.07. The maximum atomic E-state index is 4.69. The van der Waals surface area contributed by atoms with Gasteiger partial charge in [0.2, 0.25) is 0 Å². The minimum Gasteiger partial charge on any atom is -0.288 e. The minimum absolute atomic E-state index is 0.661. The van der Waals surface area contributed by atoms with E-state index in [1.165, 1.54) is 62.7 Å². The normalized spacial score (nSPS) is 28.3. The molecule has 0 heterocycles. The Hall–Kier alpha value is -0.850. The first-order valence-corrected chi connectivity index (χ1v) is 9.96. The van der Waals surface area contributed by atoms with Gasteiger partial charge in [-0.3, -0.25) is 4.99 Å².